The second kappa shape index (κ2) is 8.56. The molecule has 1 heterocycles. The molecule has 8 nitrogen and oxygen atoms in total. The third-order valence-electron chi connectivity index (χ3n) is 5.14. The number of rotatable bonds is 7. The van der Waals surface area contributed by atoms with E-state index in [1.54, 1.807) is 0 Å². The van der Waals surface area contributed by atoms with Gasteiger partial charge in [0.1, 0.15) is 5.56 Å². The molecule has 1 N–H and O–H groups in total. The van der Waals surface area contributed by atoms with Crippen LogP contribution in [-0.4, -0.2) is 55.1 Å². The Kier molecular flexibility index (Phi) is 6.64. The Morgan fingerprint density at radius 1 is 1.33 bits per heavy atom. The van der Waals surface area contributed by atoms with Crippen molar-refractivity contribution in [3.05, 3.63) is 27.8 Å². The molecule has 1 aliphatic heterocycles. The maximum Gasteiger partial charge on any atom is 0.286 e. The average molecular weight is 379 g/mol. The summed E-state index contributed by atoms with van der Waals surface area (Å²) < 4.78 is 10.3. The molecule has 1 unspecified atom stereocenters. The van der Waals surface area contributed by atoms with Gasteiger partial charge in [0, 0.05) is 24.7 Å². The van der Waals surface area contributed by atoms with E-state index in [1.165, 1.54) is 32.8 Å². The van der Waals surface area contributed by atoms with Crippen LogP contribution in [-0.2, 0) is 0 Å². The Hall–Kier alpha value is -2.35. The van der Waals surface area contributed by atoms with Gasteiger partial charge in [-0.15, -0.1) is 0 Å². The van der Waals surface area contributed by atoms with Gasteiger partial charge in [-0.1, -0.05) is 6.92 Å². The van der Waals surface area contributed by atoms with Gasteiger partial charge in [-0.2, -0.15) is 0 Å². The van der Waals surface area contributed by atoms with Crippen molar-refractivity contribution in [2.24, 2.45) is 5.92 Å². The molecule has 1 aromatic carbocycles. The highest BCUT2D eigenvalue weighted by Crippen LogP contribution is 2.34. The molecule has 0 radical (unpaired) electrons. The van der Waals surface area contributed by atoms with Crippen LogP contribution in [0.3, 0.4) is 0 Å². The van der Waals surface area contributed by atoms with Gasteiger partial charge in [-0.3, -0.25) is 19.8 Å². The normalized spacial score (nSPS) is 18.0. The summed E-state index contributed by atoms with van der Waals surface area (Å²) in [6, 6.07) is 2.56. The summed E-state index contributed by atoms with van der Waals surface area (Å²) >= 11 is 0. The van der Waals surface area contributed by atoms with Crippen LogP contribution in [0.15, 0.2) is 12.1 Å². The molecule has 0 saturated carbocycles. The van der Waals surface area contributed by atoms with Crippen LogP contribution in [0.2, 0.25) is 0 Å². The number of hydrogen-bond donors (Lipinski definition) is 1. The number of nitro benzene ring substituents is 1. The number of methoxy groups -OCH3 is 2. The first-order valence-corrected chi connectivity index (χ1v) is 9.13. The molecule has 1 aliphatic rings. The van der Waals surface area contributed by atoms with Gasteiger partial charge in [-0.05, 0) is 39.2 Å². The van der Waals surface area contributed by atoms with Crippen molar-refractivity contribution in [3.8, 4) is 11.5 Å². The molecule has 1 atom stereocenters. The number of amides is 1. The Morgan fingerprint density at radius 2 is 1.96 bits per heavy atom. The van der Waals surface area contributed by atoms with E-state index in [4.69, 9.17) is 9.47 Å². The number of carbonyl (C=O) groups is 1. The molecule has 1 saturated heterocycles. The number of nitrogens with zero attached hydrogens (tertiary/aromatic N) is 2. The molecule has 1 amide bonds. The van der Waals surface area contributed by atoms with E-state index in [-0.39, 0.29) is 28.3 Å². The SMILES string of the molecule is COc1cc(C(=O)NCC(C)(C)N2CCCC(C)C2)c([N+](=O)[O-])cc1OC. The second-order valence-electron chi connectivity index (χ2n) is 7.67. The van der Waals surface area contributed by atoms with E-state index in [0.717, 1.165) is 19.5 Å². The molecule has 0 aliphatic carbocycles. The molecule has 0 bridgehead atoms. The number of nitro groups is 1. The number of nitrogens with one attached hydrogen (secondary N) is 1. The zero-order chi connectivity index (χ0) is 20.2. The standard InChI is InChI=1S/C19H29N3O5/c1-13-7-6-8-21(11-13)19(2,3)12-20-18(23)14-9-16(26-4)17(27-5)10-15(14)22(24)25/h9-10,13H,6-8,11-12H2,1-5H3,(H,20,23). The van der Waals surface area contributed by atoms with Crippen molar-refractivity contribution < 1.29 is 19.2 Å². The number of hydrogen-bond acceptors (Lipinski definition) is 6. The van der Waals surface area contributed by atoms with Crippen molar-refractivity contribution >= 4 is 11.6 Å². The Morgan fingerprint density at radius 3 is 2.52 bits per heavy atom. The second-order valence-corrected chi connectivity index (χ2v) is 7.67. The number of carbonyl (C=O) groups excluding carboxylic acids is 1. The van der Waals surface area contributed by atoms with Gasteiger partial charge >= 0.3 is 0 Å². The lowest BCUT2D eigenvalue weighted by Crippen LogP contribution is -2.54. The van der Waals surface area contributed by atoms with Crippen molar-refractivity contribution in [3.63, 3.8) is 0 Å². The maximum atomic E-state index is 12.7. The highest BCUT2D eigenvalue weighted by molar-refractivity contribution is 5.99. The minimum absolute atomic E-state index is 0.0412. The lowest BCUT2D eigenvalue weighted by atomic mass is 9.93. The third kappa shape index (κ3) is 4.88. The summed E-state index contributed by atoms with van der Waals surface area (Å²) in [5.74, 6) is 0.613. The maximum absolute atomic E-state index is 12.7. The average Bonchev–Trinajstić information content (AvgIpc) is 2.64. The number of benzene rings is 1. The number of likely N-dealkylation sites (tertiary alicyclic amines) is 1. The molecule has 8 heteroatoms. The van der Waals surface area contributed by atoms with E-state index >= 15 is 0 Å². The van der Waals surface area contributed by atoms with Crippen molar-refractivity contribution in [2.45, 2.75) is 39.2 Å². The predicted octanol–water partition coefficient (Wildman–Crippen LogP) is 2.85. The fourth-order valence-corrected chi connectivity index (χ4v) is 3.44. The zero-order valence-corrected chi connectivity index (χ0v) is 16.7. The highest BCUT2D eigenvalue weighted by atomic mass is 16.6. The Labute approximate surface area is 160 Å². The van der Waals surface area contributed by atoms with Crippen LogP contribution in [0.1, 0.15) is 44.0 Å². The largest absolute Gasteiger partial charge is 0.493 e. The fraction of sp³-hybridized carbons (Fsp3) is 0.632. The minimum atomic E-state index is -0.589. The van der Waals surface area contributed by atoms with Gasteiger partial charge in [0.25, 0.3) is 11.6 Å². The third-order valence-corrected chi connectivity index (χ3v) is 5.14. The summed E-state index contributed by atoms with van der Waals surface area (Å²) in [6.45, 7) is 8.75. The van der Waals surface area contributed by atoms with E-state index in [9.17, 15) is 14.9 Å². The van der Waals surface area contributed by atoms with Crippen LogP contribution in [0, 0.1) is 16.0 Å². The molecular weight excluding hydrogens is 350 g/mol. The van der Waals surface area contributed by atoms with E-state index in [2.05, 4.69) is 31.0 Å². The Bertz CT molecular complexity index is 705. The van der Waals surface area contributed by atoms with Crippen LogP contribution in [0.25, 0.3) is 0 Å². The van der Waals surface area contributed by atoms with Gasteiger partial charge in [-0.25, -0.2) is 0 Å². The smallest absolute Gasteiger partial charge is 0.286 e. The lowest BCUT2D eigenvalue weighted by Gasteiger charge is -2.43. The first-order chi connectivity index (χ1) is 12.7. The van der Waals surface area contributed by atoms with Crippen molar-refractivity contribution in [2.75, 3.05) is 33.9 Å². The molecule has 0 aromatic heterocycles. The molecule has 2 rings (SSSR count). The summed E-state index contributed by atoms with van der Waals surface area (Å²) in [5.41, 5.74) is -0.592. The zero-order valence-electron chi connectivity index (χ0n) is 16.7. The van der Waals surface area contributed by atoms with Gasteiger partial charge in [0.15, 0.2) is 11.5 Å². The van der Waals surface area contributed by atoms with Gasteiger partial charge in [0.05, 0.1) is 25.2 Å². The van der Waals surface area contributed by atoms with Crippen LogP contribution in [0.5, 0.6) is 11.5 Å². The summed E-state index contributed by atoms with van der Waals surface area (Å²) in [5, 5.41) is 14.3. The van der Waals surface area contributed by atoms with Crippen molar-refractivity contribution in [1.82, 2.24) is 10.2 Å². The molecule has 150 valence electrons. The summed E-state index contributed by atoms with van der Waals surface area (Å²) in [7, 11) is 2.81. The number of piperidine rings is 1. The first-order valence-electron chi connectivity index (χ1n) is 9.13. The van der Waals surface area contributed by atoms with E-state index in [0.29, 0.717) is 12.5 Å². The van der Waals surface area contributed by atoms with Crippen LogP contribution in [0.4, 0.5) is 5.69 Å². The predicted molar refractivity (Wildman–Crippen MR) is 103 cm³/mol. The molecule has 1 fully saturated rings. The monoisotopic (exact) mass is 379 g/mol. The van der Waals surface area contributed by atoms with Gasteiger partial charge < -0.3 is 14.8 Å². The molecule has 0 spiro atoms. The fourth-order valence-electron chi connectivity index (χ4n) is 3.44. The topological polar surface area (TPSA) is 93.9 Å². The molecular formula is C19H29N3O5. The quantitative estimate of drug-likeness (QED) is 0.578. The molecule has 27 heavy (non-hydrogen) atoms. The minimum Gasteiger partial charge on any atom is -0.493 e. The van der Waals surface area contributed by atoms with E-state index in [1.807, 2.05) is 0 Å². The van der Waals surface area contributed by atoms with Crippen molar-refractivity contribution in [1.29, 1.82) is 0 Å². The first kappa shape index (κ1) is 21.0. The van der Waals surface area contributed by atoms with Gasteiger partial charge in [0.2, 0.25) is 0 Å². The summed E-state index contributed by atoms with van der Waals surface area (Å²) in [4.78, 5) is 25.9. The summed E-state index contributed by atoms with van der Waals surface area (Å²) in [6.07, 6.45) is 2.36. The van der Waals surface area contributed by atoms with Crippen LogP contribution >= 0.6 is 0 Å². The Balaban J connectivity index is 2.18. The lowest BCUT2D eigenvalue weighted by molar-refractivity contribution is -0.385. The number of ether oxygens (including phenoxy) is 2. The highest BCUT2D eigenvalue weighted by Gasteiger charge is 2.31. The van der Waals surface area contributed by atoms with Crippen LogP contribution < -0.4 is 14.8 Å². The molecule has 1 aromatic rings. The van der Waals surface area contributed by atoms with E-state index < -0.39 is 10.8 Å².